The Morgan fingerprint density at radius 3 is 2.67 bits per heavy atom. The Kier molecular flexibility index (Phi) is 3.28. The summed E-state index contributed by atoms with van der Waals surface area (Å²) in [7, 11) is 1.96. The SMILES string of the molecule is CC(Nc1nccc2c1ncn2C)c1ccc(C#N)cc1. The second-order valence-corrected chi connectivity index (χ2v) is 4.98. The van der Waals surface area contributed by atoms with E-state index in [-0.39, 0.29) is 6.04 Å². The van der Waals surface area contributed by atoms with Gasteiger partial charge in [0.05, 0.1) is 29.5 Å². The van der Waals surface area contributed by atoms with Gasteiger partial charge in [-0.3, -0.25) is 0 Å². The van der Waals surface area contributed by atoms with E-state index in [2.05, 4.69) is 28.3 Å². The summed E-state index contributed by atoms with van der Waals surface area (Å²) in [5, 5.41) is 12.2. The molecule has 0 fully saturated rings. The van der Waals surface area contributed by atoms with Crippen molar-refractivity contribution in [1.82, 2.24) is 14.5 Å². The van der Waals surface area contributed by atoms with Crippen LogP contribution in [0.3, 0.4) is 0 Å². The molecule has 21 heavy (non-hydrogen) atoms. The zero-order valence-electron chi connectivity index (χ0n) is 11.9. The minimum absolute atomic E-state index is 0.0813. The number of imidazole rings is 1. The van der Waals surface area contributed by atoms with Crippen LogP contribution in [-0.4, -0.2) is 14.5 Å². The van der Waals surface area contributed by atoms with Crippen LogP contribution in [0.2, 0.25) is 0 Å². The van der Waals surface area contributed by atoms with Crippen molar-refractivity contribution in [2.75, 3.05) is 5.32 Å². The molecule has 3 aromatic rings. The minimum atomic E-state index is 0.0813. The fourth-order valence-corrected chi connectivity index (χ4v) is 2.30. The normalized spacial score (nSPS) is 12.0. The van der Waals surface area contributed by atoms with Gasteiger partial charge in [0.25, 0.3) is 0 Å². The lowest BCUT2D eigenvalue weighted by atomic mass is 10.1. The van der Waals surface area contributed by atoms with E-state index in [9.17, 15) is 0 Å². The molecule has 3 rings (SSSR count). The molecule has 0 amide bonds. The molecule has 0 radical (unpaired) electrons. The Labute approximate surface area is 122 Å². The number of nitrogens with zero attached hydrogens (tertiary/aromatic N) is 4. The van der Waals surface area contributed by atoms with Crippen LogP contribution in [0.5, 0.6) is 0 Å². The predicted molar refractivity (Wildman–Crippen MR) is 81.7 cm³/mol. The van der Waals surface area contributed by atoms with Crippen molar-refractivity contribution in [3.05, 3.63) is 54.0 Å². The number of rotatable bonds is 3. The summed E-state index contributed by atoms with van der Waals surface area (Å²) in [4.78, 5) is 8.77. The average Bonchev–Trinajstić information content (AvgIpc) is 2.90. The average molecular weight is 277 g/mol. The van der Waals surface area contributed by atoms with Crippen molar-refractivity contribution >= 4 is 16.9 Å². The molecular formula is C16H15N5. The molecule has 5 heteroatoms. The third-order valence-corrected chi connectivity index (χ3v) is 3.54. The Bertz CT molecular complexity index is 811. The van der Waals surface area contributed by atoms with Crippen LogP contribution < -0.4 is 5.32 Å². The van der Waals surface area contributed by atoms with E-state index < -0.39 is 0 Å². The van der Waals surface area contributed by atoms with Crippen LogP contribution in [0.4, 0.5) is 5.82 Å². The van der Waals surface area contributed by atoms with E-state index in [0.717, 1.165) is 22.4 Å². The van der Waals surface area contributed by atoms with Crippen LogP contribution in [0.1, 0.15) is 24.1 Å². The van der Waals surface area contributed by atoms with Gasteiger partial charge in [-0.1, -0.05) is 12.1 Å². The van der Waals surface area contributed by atoms with Crippen LogP contribution in [0, 0.1) is 11.3 Å². The molecule has 1 unspecified atom stereocenters. The lowest BCUT2D eigenvalue weighted by Crippen LogP contribution is -2.08. The molecule has 0 saturated carbocycles. The van der Waals surface area contributed by atoms with E-state index in [4.69, 9.17) is 5.26 Å². The Morgan fingerprint density at radius 2 is 1.95 bits per heavy atom. The fourth-order valence-electron chi connectivity index (χ4n) is 2.30. The van der Waals surface area contributed by atoms with E-state index in [1.807, 2.05) is 41.9 Å². The third-order valence-electron chi connectivity index (χ3n) is 3.54. The monoisotopic (exact) mass is 277 g/mol. The van der Waals surface area contributed by atoms with Gasteiger partial charge in [0, 0.05) is 13.2 Å². The number of hydrogen-bond donors (Lipinski definition) is 1. The van der Waals surface area contributed by atoms with Gasteiger partial charge in [0.1, 0.15) is 5.52 Å². The van der Waals surface area contributed by atoms with Crippen molar-refractivity contribution < 1.29 is 0 Å². The number of nitriles is 1. The molecule has 104 valence electrons. The lowest BCUT2D eigenvalue weighted by Gasteiger charge is -2.15. The summed E-state index contributed by atoms with van der Waals surface area (Å²) in [5.41, 5.74) is 3.67. The highest BCUT2D eigenvalue weighted by molar-refractivity contribution is 5.85. The van der Waals surface area contributed by atoms with Crippen molar-refractivity contribution in [2.45, 2.75) is 13.0 Å². The molecule has 1 N–H and O–H groups in total. The number of hydrogen-bond acceptors (Lipinski definition) is 4. The first-order chi connectivity index (χ1) is 10.2. The Morgan fingerprint density at radius 1 is 1.19 bits per heavy atom. The number of nitrogens with one attached hydrogen (secondary N) is 1. The second-order valence-electron chi connectivity index (χ2n) is 4.98. The third kappa shape index (κ3) is 2.43. The van der Waals surface area contributed by atoms with Crippen LogP contribution >= 0.6 is 0 Å². The number of pyridine rings is 1. The van der Waals surface area contributed by atoms with Crippen LogP contribution in [-0.2, 0) is 7.05 Å². The molecule has 5 nitrogen and oxygen atoms in total. The van der Waals surface area contributed by atoms with Gasteiger partial charge in [-0.25, -0.2) is 9.97 Å². The number of aryl methyl sites for hydroxylation is 1. The first kappa shape index (κ1) is 13.1. The molecule has 2 aromatic heterocycles. The standard InChI is InChI=1S/C16H15N5/c1-11(13-5-3-12(9-17)4-6-13)20-16-15-14(7-8-18-16)21(2)10-19-15/h3-8,10-11H,1-2H3,(H,18,20). The summed E-state index contributed by atoms with van der Waals surface area (Å²) in [6, 6.07) is 11.7. The summed E-state index contributed by atoms with van der Waals surface area (Å²) < 4.78 is 1.97. The van der Waals surface area contributed by atoms with Crippen LogP contribution in [0.15, 0.2) is 42.9 Å². The summed E-state index contributed by atoms with van der Waals surface area (Å²) in [5.74, 6) is 0.768. The van der Waals surface area contributed by atoms with Crippen molar-refractivity contribution in [1.29, 1.82) is 5.26 Å². The molecule has 0 aliphatic heterocycles. The first-order valence-corrected chi connectivity index (χ1v) is 6.71. The van der Waals surface area contributed by atoms with E-state index in [1.54, 1.807) is 12.5 Å². The van der Waals surface area contributed by atoms with Crippen molar-refractivity contribution in [3.63, 3.8) is 0 Å². The topological polar surface area (TPSA) is 66.5 Å². The lowest BCUT2D eigenvalue weighted by molar-refractivity contribution is 0.876. The molecule has 1 aromatic carbocycles. The van der Waals surface area contributed by atoms with Gasteiger partial charge in [-0.2, -0.15) is 5.26 Å². The maximum Gasteiger partial charge on any atom is 0.154 e. The molecule has 0 aliphatic rings. The van der Waals surface area contributed by atoms with Gasteiger partial charge in [0.2, 0.25) is 0 Å². The molecule has 0 saturated heterocycles. The number of aromatic nitrogens is 3. The summed E-state index contributed by atoms with van der Waals surface area (Å²) >= 11 is 0. The first-order valence-electron chi connectivity index (χ1n) is 6.71. The Hall–Kier alpha value is -2.87. The Balaban J connectivity index is 1.89. The highest BCUT2D eigenvalue weighted by atomic mass is 15.1. The number of benzene rings is 1. The van der Waals surface area contributed by atoms with Crippen molar-refractivity contribution in [3.8, 4) is 6.07 Å². The van der Waals surface area contributed by atoms with E-state index in [0.29, 0.717) is 5.56 Å². The molecule has 1 atom stereocenters. The highest BCUT2D eigenvalue weighted by Gasteiger charge is 2.11. The summed E-state index contributed by atoms with van der Waals surface area (Å²) in [6.07, 6.45) is 3.56. The highest BCUT2D eigenvalue weighted by Crippen LogP contribution is 2.23. The smallest absolute Gasteiger partial charge is 0.154 e. The molecule has 0 bridgehead atoms. The molecule has 0 aliphatic carbocycles. The van der Waals surface area contributed by atoms with Gasteiger partial charge in [-0.05, 0) is 30.7 Å². The molecule has 0 spiro atoms. The van der Waals surface area contributed by atoms with E-state index in [1.165, 1.54) is 0 Å². The number of fused-ring (bicyclic) bond motifs is 1. The van der Waals surface area contributed by atoms with Crippen molar-refractivity contribution in [2.24, 2.45) is 7.05 Å². The summed E-state index contributed by atoms with van der Waals surface area (Å²) in [6.45, 7) is 2.06. The largest absolute Gasteiger partial charge is 0.362 e. The maximum absolute atomic E-state index is 8.84. The zero-order chi connectivity index (χ0) is 14.8. The molecular weight excluding hydrogens is 262 g/mol. The van der Waals surface area contributed by atoms with Crippen LogP contribution in [0.25, 0.3) is 11.0 Å². The predicted octanol–water partition coefficient (Wildman–Crippen LogP) is 3.01. The second kappa shape index (κ2) is 5.25. The minimum Gasteiger partial charge on any atom is -0.362 e. The number of anilines is 1. The molecule has 2 heterocycles. The fraction of sp³-hybridized carbons (Fsp3) is 0.188. The van der Waals surface area contributed by atoms with Gasteiger partial charge in [0.15, 0.2) is 5.82 Å². The maximum atomic E-state index is 8.84. The quantitative estimate of drug-likeness (QED) is 0.799. The zero-order valence-corrected chi connectivity index (χ0v) is 11.9. The van der Waals surface area contributed by atoms with E-state index >= 15 is 0 Å². The van der Waals surface area contributed by atoms with Gasteiger partial charge < -0.3 is 9.88 Å². The van der Waals surface area contributed by atoms with Gasteiger partial charge in [-0.15, -0.1) is 0 Å². The van der Waals surface area contributed by atoms with Gasteiger partial charge >= 0.3 is 0 Å².